The quantitative estimate of drug-likeness (QED) is 0.0552. The first-order valence-electron chi connectivity index (χ1n) is 16.1. The minimum absolute atomic E-state index is 0. The molecule has 2 heterocycles. The first kappa shape index (κ1) is 42.1. The molecule has 0 bridgehead atoms. The van der Waals surface area contributed by atoms with Crippen molar-refractivity contribution in [1.29, 1.82) is 0 Å². The van der Waals surface area contributed by atoms with Crippen molar-refractivity contribution < 1.29 is 66.6 Å². The summed E-state index contributed by atoms with van der Waals surface area (Å²) >= 11 is 15.8. The number of carboxylic acids is 1. The van der Waals surface area contributed by atoms with Gasteiger partial charge in [0.15, 0.2) is 6.54 Å². The second-order valence-corrected chi connectivity index (χ2v) is 16.4. The molecular weight excluding hydrogens is 779 g/mol. The fraction of sp³-hybridized carbons (Fsp3) is 0.314. The van der Waals surface area contributed by atoms with E-state index in [1.807, 2.05) is 34.9 Å². The number of aryl methyl sites for hydroxylation is 1. The summed E-state index contributed by atoms with van der Waals surface area (Å²) in [6.07, 6.45) is 4.38. The molecule has 0 fully saturated rings. The van der Waals surface area contributed by atoms with Crippen molar-refractivity contribution in [3.8, 4) is 0 Å². The van der Waals surface area contributed by atoms with Crippen molar-refractivity contribution in [2.24, 2.45) is 0 Å². The number of benzene rings is 3. The third-order valence-electron chi connectivity index (χ3n) is 8.29. The van der Waals surface area contributed by atoms with Crippen LogP contribution in [0.5, 0.6) is 0 Å². The van der Waals surface area contributed by atoms with Crippen LogP contribution in [0.4, 0.5) is 11.4 Å². The van der Waals surface area contributed by atoms with Gasteiger partial charge in [0.1, 0.15) is 11.0 Å². The van der Waals surface area contributed by atoms with E-state index in [1.165, 1.54) is 18.3 Å². The molecule has 0 radical (unpaired) electrons. The zero-order valence-corrected chi connectivity index (χ0v) is 34.5. The summed E-state index contributed by atoms with van der Waals surface area (Å²) in [4.78, 5) is 40.2. The molecule has 0 saturated carbocycles. The molecule has 17 heteroatoms. The van der Waals surface area contributed by atoms with Crippen molar-refractivity contribution in [2.75, 3.05) is 35.2 Å². The van der Waals surface area contributed by atoms with Crippen LogP contribution in [0.15, 0.2) is 70.6 Å². The van der Waals surface area contributed by atoms with Crippen LogP contribution in [0.1, 0.15) is 48.0 Å². The SMILES string of the molecule is CC(C(=O)[O-])N(CCC(=O)NCCCCN1C(=Cc2sc3ccc(Cl)cc3[n+]2CCCS(=O)(=O)[O-])Sc2ccc(Cl)cc21)c1ccc(C=O)cc1.[Na+]. The standard InChI is InChI=1S/C35H36Cl2N4O7S3.Na/c1-23(35(44)45)39(27-9-5-24(22-42)6-10-27)17-13-32(43)38-14-2-3-15-40-28-19-25(36)7-11-30(28)49-33(40)21-34-41(16-4-18-51(46,47)48)29-20-26(37)8-12-31(29)50-34;/h5-12,19-23H,2-4,13-18H2,1H3,(H2-,38,43,44,45,46,47,48);/q;+1/p-1. The Balaban J connectivity index is 0.00000605. The second-order valence-electron chi connectivity index (χ2n) is 11.9. The van der Waals surface area contributed by atoms with Gasteiger partial charge in [-0.05, 0) is 74.4 Å². The number of carbonyl (C=O) groups excluding carboxylic acids is 3. The molecule has 52 heavy (non-hydrogen) atoms. The molecular formula is C35H35Cl2N4NaO7S3. The maximum absolute atomic E-state index is 12.8. The average molecular weight is 814 g/mol. The van der Waals surface area contributed by atoms with Crippen molar-refractivity contribution >= 4 is 102 Å². The summed E-state index contributed by atoms with van der Waals surface area (Å²) in [7, 11) is -4.36. The Morgan fingerprint density at radius 3 is 2.44 bits per heavy atom. The Morgan fingerprint density at radius 1 is 1.04 bits per heavy atom. The number of fused-ring (bicyclic) bond motifs is 2. The summed E-state index contributed by atoms with van der Waals surface area (Å²) in [5, 5.41) is 17.5. The van der Waals surface area contributed by atoms with Gasteiger partial charge in [0, 0.05) is 70.5 Å². The molecule has 0 spiro atoms. The van der Waals surface area contributed by atoms with Crippen LogP contribution in [-0.4, -0.2) is 62.6 Å². The van der Waals surface area contributed by atoms with Crippen molar-refractivity contribution in [3.05, 3.63) is 86.3 Å². The number of carbonyl (C=O) groups is 3. The number of thiazole rings is 1. The van der Waals surface area contributed by atoms with E-state index in [2.05, 4.69) is 16.3 Å². The number of unbranched alkanes of at least 4 members (excludes halogenated alkanes) is 1. The summed E-state index contributed by atoms with van der Waals surface area (Å²) in [6.45, 7) is 3.00. The van der Waals surface area contributed by atoms with Gasteiger partial charge < -0.3 is 29.6 Å². The molecule has 1 aliphatic heterocycles. The number of aromatic nitrogens is 1. The number of aldehydes is 1. The van der Waals surface area contributed by atoms with E-state index in [1.54, 1.807) is 47.0 Å². The van der Waals surface area contributed by atoms with E-state index in [4.69, 9.17) is 23.2 Å². The molecule has 1 N–H and O–H groups in total. The van der Waals surface area contributed by atoms with Crippen molar-refractivity contribution in [3.63, 3.8) is 0 Å². The number of halogens is 2. The number of carboxylic acid groups (broad SMARTS) is 1. The van der Waals surface area contributed by atoms with E-state index in [9.17, 15) is 32.5 Å². The van der Waals surface area contributed by atoms with Gasteiger partial charge in [0.05, 0.1) is 38.9 Å². The summed E-state index contributed by atoms with van der Waals surface area (Å²) < 4.78 is 36.9. The fourth-order valence-corrected chi connectivity index (χ4v) is 8.78. The van der Waals surface area contributed by atoms with Crippen LogP contribution >= 0.6 is 46.3 Å². The van der Waals surface area contributed by atoms with E-state index < -0.39 is 27.9 Å². The third-order valence-corrected chi connectivity index (χ3v) is 11.8. The molecule has 0 saturated heterocycles. The van der Waals surface area contributed by atoms with Gasteiger partial charge in [-0.2, -0.15) is 4.57 Å². The maximum Gasteiger partial charge on any atom is 1.00 e. The van der Waals surface area contributed by atoms with Gasteiger partial charge in [-0.25, -0.2) is 8.42 Å². The van der Waals surface area contributed by atoms with Crippen LogP contribution in [0.2, 0.25) is 10.0 Å². The van der Waals surface area contributed by atoms with Crippen LogP contribution in [-0.2, 0) is 26.3 Å². The topological polar surface area (TPSA) is 154 Å². The number of aliphatic carboxylic acids is 1. The summed E-state index contributed by atoms with van der Waals surface area (Å²) in [5.74, 6) is -1.96. The Bertz CT molecular complexity index is 2060. The molecule has 11 nitrogen and oxygen atoms in total. The Hall–Kier alpha value is -2.66. The number of hydrogen-bond acceptors (Lipinski definition) is 11. The minimum atomic E-state index is -4.36. The van der Waals surface area contributed by atoms with Gasteiger partial charge >= 0.3 is 29.6 Å². The number of rotatable bonds is 17. The molecule has 4 aromatic rings. The first-order valence-corrected chi connectivity index (χ1v) is 20.1. The smallest absolute Gasteiger partial charge is 0.748 e. The zero-order valence-electron chi connectivity index (χ0n) is 28.5. The molecule has 3 aromatic carbocycles. The molecule has 270 valence electrons. The molecule has 0 aliphatic carbocycles. The Labute approximate surface area is 343 Å². The van der Waals surface area contributed by atoms with Crippen molar-refractivity contribution in [1.82, 2.24) is 5.32 Å². The van der Waals surface area contributed by atoms with E-state index in [0.29, 0.717) is 53.6 Å². The number of nitrogens with one attached hydrogen (secondary N) is 1. The van der Waals surface area contributed by atoms with Gasteiger partial charge in [-0.3, -0.25) is 9.59 Å². The van der Waals surface area contributed by atoms with Crippen LogP contribution in [0.25, 0.3) is 16.3 Å². The second kappa shape index (κ2) is 19.1. The number of anilines is 2. The molecule has 1 amide bonds. The van der Waals surface area contributed by atoms with Gasteiger partial charge in [-0.15, -0.1) is 0 Å². The molecule has 5 rings (SSSR count). The predicted molar refractivity (Wildman–Crippen MR) is 199 cm³/mol. The van der Waals surface area contributed by atoms with Gasteiger partial charge in [-0.1, -0.05) is 46.3 Å². The minimum Gasteiger partial charge on any atom is -0.748 e. The Morgan fingerprint density at radius 2 is 1.75 bits per heavy atom. The molecule has 1 atom stereocenters. The first-order chi connectivity index (χ1) is 24.3. The number of nitrogens with zero attached hydrogens (tertiary/aromatic N) is 3. The number of amides is 1. The van der Waals surface area contributed by atoms with Crippen molar-refractivity contribution in [2.45, 2.75) is 50.1 Å². The van der Waals surface area contributed by atoms with E-state index in [-0.39, 0.29) is 54.9 Å². The maximum atomic E-state index is 12.8. The van der Waals surface area contributed by atoms with Gasteiger partial charge in [0.2, 0.25) is 11.4 Å². The summed E-state index contributed by atoms with van der Waals surface area (Å²) in [5.41, 5.74) is 2.83. The average Bonchev–Trinajstić information content (AvgIpc) is 3.60. The molecule has 1 unspecified atom stereocenters. The normalized spacial score (nSPS) is 13.8. The largest absolute Gasteiger partial charge is 1.00 e. The summed E-state index contributed by atoms with van der Waals surface area (Å²) in [6, 6.07) is 16.7. The monoisotopic (exact) mass is 812 g/mol. The predicted octanol–water partition coefficient (Wildman–Crippen LogP) is 2.09. The fourth-order valence-electron chi connectivity index (χ4n) is 5.68. The Kier molecular flexibility index (Phi) is 15.4. The molecule has 1 aliphatic rings. The van der Waals surface area contributed by atoms with E-state index in [0.717, 1.165) is 37.3 Å². The van der Waals surface area contributed by atoms with Crippen LogP contribution < -0.4 is 54.3 Å². The van der Waals surface area contributed by atoms with Gasteiger partial charge in [0.25, 0.3) is 5.01 Å². The number of thioether (sulfide) groups is 1. The van der Waals surface area contributed by atoms with Crippen LogP contribution in [0.3, 0.4) is 0 Å². The third kappa shape index (κ3) is 11.2. The zero-order chi connectivity index (χ0) is 36.7. The van der Waals surface area contributed by atoms with Crippen LogP contribution in [0, 0.1) is 0 Å². The van der Waals surface area contributed by atoms with E-state index >= 15 is 0 Å². The molecule has 1 aromatic heterocycles. The number of hydrogen-bond donors (Lipinski definition) is 1.